The maximum atomic E-state index is 6.73. The summed E-state index contributed by atoms with van der Waals surface area (Å²) in [4.78, 5) is 10.7. The molecule has 0 bridgehead atoms. The number of hydrogen-bond donors (Lipinski definition) is 0. The first-order valence-electron chi connectivity index (χ1n) is 18.3. The summed E-state index contributed by atoms with van der Waals surface area (Å²) in [7, 11) is 0. The fourth-order valence-electron chi connectivity index (χ4n) is 8.17. The molecule has 250 valence electrons. The van der Waals surface area contributed by atoms with Crippen LogP contribution in [0, 0.1) is 0 Å². The predicted octanol–water partition coefficient (Wildman–Crippen LogP) is 12.6. The second-order valence-corrected chi connectivity index (χ2v) is 13.9. The molecule has 2 aliphatic rings. The first kappa shape index (κ1) is 30.6. The van der Waals surface area contributed by atoms with E-state index < -0.39 is 0 Å². The van der Waals surface area contributed by atoms with Crippen molar-refractivity contribution in [3.05, 3.63) is 180 Å². The molecule has 2 aromatic heterocycles. The first-order chi connectivity index (χ1) is 25.8. The zero-order valence-corrected chi connectivity index (χ0v) is 28.7. The molecule has 2 atom stereocenters. The van der Waals surface area contributed by atoms with Crippen molar-refractivity contribution in [2.75, 3.05) is 0 Å². The average Bonchev–Trinajstić information content (AvgIpc) is 3.77. The lowest BCUT2D eigenvalue weighted by Gasteiger charge is -2.26. The number of para-hydroxylation sites is 2. The standard InChI is InChI=1S/C48H36N2O2/c1-3-13-31(14-4-1)41-21-12-22-42(50-48(49-41)32-15-5-2-6-16-32)35-18-11-17-33(29-35)36-26-27-37(47-46(36)39-20-8-10-24-44(39)52-47)34-25-28-45-40(30-34)38-19-7-9-23-43(38)51-45/h1-11,13-20,23-28,30,33,42H,12,21-22,29H2/b49-41+,50-48-. The Bertz CT molecular complexity index is 2740. The summed E-state index contributed by atoms with van der Waals surface area (Å²) in [6.45, 7) is 0. The van der Waals surface area contributed by atoms with E-state index in [-0.39, 0.29) is 12.0 Å². The van der Waals surface area contributed by atoms with Gasteiger partial charge in [-0.05, 0) is 72.2 Å². The molecule has 3 heterocycles. The smallest absolute Gasteiger partial charge is 0.155 e. The number of hydrogen-bond acceptors (Lipinski definition) is 4. The Balaban J connectivity index is 1.05. The number of benzene rings is 6. The van der Waals surface area contributed by atoms with Crippen LogP contribution in [0.15, 0.2) is 182 Å². The van der Waals surface area contributed by atoms with Crippen LogP contribution in [0.2, 0.25) is 0 Å². The molecule has 1 aliphatic heterocycles. The van der Waals surface area contributed by atoms with E-state index in [4.69, 9.17) is 18.8 Å². The molecule has 0 spiro atoms. The van der Waals surface area contributed by atoms with E-state index in [2.05, 4.69) is 146 Å². The van der Waals surface area contributed by atoms with Crippen LogP contribution in [0.3, 0.4) is 0 Å². The van der Waals surface area contributed by atoms with Crippen molar-refractivity contribution in [1.82, 2.24) is 0 Å². The molecular formula is C48H36N2O2. The lowest BCUT2D eigenvalue weighted by Crippen LogP contribution is -2.19. The fraction of sp³-hybridized carbons (Fsp3) is 0.125. The number of aliphatic imine (C=N–C) groups is 2. The predicted molar refractivity (Wildman–Crippen MR) is 215 cm³/mol. The summed E-state index contributed by atoms with van der Waals surface area (Å²) in [6, 6.07) is 48.8. The monoisotopic (exact) mass is 672 g/mol. The summed E-state index contributed by atoms with van der Waals surface area (Å²) in [6.07, 6.45) is 10.7. The molecule has 2 unspecified atom stereocenters. The molecule has 0 amide bonds. The summed E-state index contributed by atoms with van der Waals surface area (Å²) in [5.74, 6) is 0.994. The highest BCUT2D eigenvalue weighted by Gasteiger charge is 2.26. The van der Waals surface area contributed by atoms with Gasteiger partial charge in [-0.1, -0.05) is 133 Å². The number of furan rings is 2. The van der Waals surface area contributed by atoms with Gasteiger partial charge in [-0.25, -0.2) is 4.99 Å². The van der Waals surface area contributed by atoms with Gasteiger partial charge in [0.2, 0.25) is 0 Å². The molecule has 6 aromatic carbocycles. The number of rotatable bonds is 5. The Morgan fingerprint density at radius 3 is 2.13 bits per heavy atom. The van der Waals surface area contributed by atoms with E-state index in [1.54, 1.807) is 0 Å². The van der Waals surface area contributed by atoms with Crippen LogP contribution in [0.1, 0.15) is 48.3 Å². The lowest BCUT2D eigenvalue weighted by molar-refractivity contribution is 0.617. The highest BCUT2D eigenvalue weighted by Crippen LogP contribution is 2.44. The normalized spacial score (nSPS) is 20.0. The van der Waals surface area contributed by atoms with Crippen molar-refractivity contribution in [2.24, 2.45) is 9.98 Å². The van der Waals surface area contributed by atoms with Gasteiger partial charge >= 0.3 is 0 Å². The largest absolute Gasteiger partial charge is 0.456 e. The topological polar surface area (TPSA) is 51.0 Å². The molecule has 0 saturated heterocycles. The molecule has 0 fully saturated rings. The van der Waals surface area contributed by atoms with E-state index in [1.807, 2.05) is 12.1 Å². The zero-order valence-electron chi connectivity index (χ0n) is 28.7. The Morgan fingerprint density at radius 1 is 0.596 bits per heavy atom. The van der Waals surface area contributed by atoms with E-state index in [0.29, 0.717) is 0 Å². The second-order valence-electron chi connectivity index (χ2n) is 13.9. The van der Waals surface area contributed by atoms with Gasteiger partial charge < -0.3 is 8.83 Å². The molecule has 10 rings (SSSR count). The molecule has 0 radical (unpaired) electrons. The summed E-state index contributed by atoms with van der Waals surface area (Å²) in [5.41, 5.74) is 11.8. The Morgan fingerprint density at radius 2 is 1.31 bits per heavy atom. The van der Waals surface area contributed by atoms with Gasteiger partial charge in [-0.2, -0.15) is 0 Å². The van der Waals surface area contributed by atoms with E-state index >= 15 is 0 Å². The molecule has 0 N–H and O–H groups in total. The third-order valence-corrected chi connectivity index (χ3v) is 10.7. The van der Waals surface area contributed by atoms with Crippen LogP contribution >= 0.6 is 0 Å². The number of fused-ring (bicyclic) bond motifs is 6. The van der Waals surface area contributed by atoms with Gasteiger partial charge in [-0.15, -0.1) is 0 Å². The van der Waals surface area contributed by atoms with Crippen molar-refractivity contribution in [2.45, 2.75) is 37.6 Å². The molecule has 4 heteroatoms. The molecule has 1 aliphatic carbocycles. The Hall–Kier alpha value is -6.26. The van der Waals surface area contributed by atoms with Crippen LogP contribution < -0.4 is 0 Å². The first-order valence-corrected chi connectivity index (χ1v) is 18.3. The Kier molecular flexibility index (Phi) is 7.53. The fourth-order valence-corrected chi connectivity index (χ4v) is 8.17. The van der Waals surface area contributed by atoms with Crippen molar-refractivity contribution >= 4 is 55.4 Å². The highest BCUT2D eigenvalue weighted by atomic mass is 16.3. The maximum absolute atomic E-state index is 6.73. The molecule has 4 nitrogen and oxygen atoms in total. The zero-order chi connectivity index (χ0) is 34.4. The van der Waals surface area contributed by atoms with E-state index in [1.165, 1.54) is 22.1 Å². The van der Waals surface area contributed by atoms with Gasteiger partial charge in [0.1, 0.15) is 22.3 Å². The second kappa shape index (κ2) is 12.8. The summed E-state index contributed by atoms with van der Waals surface area (Å²) < 4.78 is 12.9. The van der Waals surface area contributed by atoms with E-state index in [0.717, 1.165) is 92.4 Å². The third kappa shape index (κ3) is 5.39. The van der Waals surface area contributed by atoms with Gasteiger partial charge in [0, 0.05) is 38.6 Å². The SMILES string of the molecule is C1=CC(c2ccc(-c3ccc4oc5ccccc5c4c3)c3oc4ccccc4c23)CC(C2CCC/C(c3ccccc3)=N\C(c3ccccc3)=N/2)=C1. The summed E-state index contributed by atoms with van der Waals surface area (Å²) in [5, 5.41) is 4.57. The molecular weight excluding hydrogens is 637 g/mol. The number of allylic oxidation sites excluding steroid dienone is 3. The van der Waals surface area contributed by atoms with Crippen molar-refractivity contribution in [3.63, 3.8) is 0 Å². The van der Waals surface area contributed by atoms with Gasteiger partial charge in [0.25, 0.3) is 0 Å². The minimum Gasteiger partial charge on any atom is -0.456 e. The lowest BCUT2D eigenvalue weighted by atomic mass is 9.82. The third-order valence-electron chi connectivity index (χ3n) is 10.7. The maximum Gasteiger partial charge on any atom is 0.155 e. The highest BCUT2D eigenvalue weighted by molar-refractivity contribution is 6.14. The van der Waals surface area contributed by atoms with Gasteiger partial charge in [-0.3, -0.25) is 4.99 Å². The van der Waals surface area contributed by atoms with Gasteiger partial charge in [0.15, 0.2) is 5.84 Å². The van der Waals surface area contributed by atoms with Gasteiger partial charge in [0.05, 0.1) is 11.8 Å². The molecule has 52 heavy (non-hydrogen) atoms. The Labute approximate surface area is 302 Å². The van der Waals surface area contributed by atoms with Crippen molar-refractivity contribution in [1.29, 1.82) is 0 Å². The summed E-state index contributed by atoms with van der Waals surface area (Å²) >= 11 is 0. The van der Waals surface area contributed by atoms with Crippen molar-refractivity contribution in [3.8, 4) is 11.1 Å². The molecule has 8 aromatic rings. The van der Waals surface area contributed by atoms with Crippen molar-refractivity contribution < 1.29 is 8.83 Å². The average molecular weight is 673 g/mol. The van der Waals surface area contributed by atoms with Crippen LogP contribution in [0.4, 0.5) is 0 Å². The number of amidine groups is 1. The quantitative estimate of drug-likeness (QED) is 0.183. The van der Waals surface area contributed by atoms with Crippen LogP contribution in [-0.2, 0) is 0 Å². The minimum atomic E-state index is 0.0519. The molecule has 0 saturated carbocycles. The van der Waals surface area contributed by atoms with E-state index in [9.17, 15) is 0 Å². The van der Waals surface area contributed by atoms with Crippen LogP contribution in [-0.4, -0.2) is 17.6 Å². The van der Waals surface area contributed by atoms with Crippen LogP contribution in [0.5, 0.6) is 0 Å². The van der Waals surface area contributed by atoms with Crippen LogP contribution in [0.25, 0.3) is 55.0 Å². The minimum absolute atomic E-state index is 0.0519. The number of nitrogens with zero attached hydrogens (tertiary/aromatic N) is 2.